The Morgan fingerprint density at radius 1 is 1.06 bits per heavy atom. The van der Waals surface area contributed by atoms with Crippen molar-refractivity contribution < 1.29 is 14.1 Å². The number of benzene rings is 2. The first kappa shape index (κ1) is 21.0. The maximum Gasteiger partial charge on any atom is 0.419 e. The van der Waals surface area contributed by atoms with Gasteiger partial charge in [-0.05, 0) is 30.2 Å². The van der Waals surface area contributed by atoms with E-state index in [9.17, 15) is 19.7 Å². The van der Waals surface area contributed by atoms with Crippen molar-refractivity contribution in [3.05, 3.63) is 105 Å². The summed E-state index contributed by atoms with van der Waals surface area (Å²) in [6.45, 7) is 0.833. The lowest BCUT2D eigenvalue weighted by atomic mass is 10.2. The third kappa shape index (κ3) is 4.72. The van der Waals surface area contributed by atoms with E-state index < -0.39 is 10.7 Å². The highest BCUT2D eigenvalue weighted by molar-refractivity contribution is 5.77. The van der Waals surface area contributed by atoms with E-state index in [0.717, 1.165) is 5.56 Å². The van der Waals surface area contributed by atoms with Crippen LogP contribution in [0.15, 0.2) is 87.1 Å². The maximum atomic E-state index is 12.4. The second-order valence-electron chi connectivity index (χ2n) is 7.21. The van der Waals surface area contributed by atoms with Crippen LogP contribution >= 0.6 is 0 Å². The Hall–Kier alpha value is -4.27. The van der Waals surface area contributed by atoms with Crippen LogP contribution in [0.1, 0.15) is 18.4 Å². The van der Waals surface area contributed by atoms with Crippen LogP contribution in [0.3, 0.4) is 0 Å². The number of oxazole rings is 1. The summed E-state index contributed by atoms with van der Waals surface area (Å²) < 4.78 is 8.37. The lowest BCUT2D eigenvalue weighted by molar-refractivity contribution is -0.384. The molecule has 0 aliphatic carbocycles. The first-order chi connectivity index (χ1) is 15.5. The number of hydrogen-bond acceptors (Lipinski definition) is 5. The summed E-state index contributed by atoms with van der Waals surface area (Å²) in [7, 11) is 0. The molecule has 4 aromatic rings. The van der Waals surface area contributed by atoms with Gasteiger partial charge in [0.25, 0.3) is 5.69 Å². The standard InChI is InChI=1S/C23H20N4O5/c28-22(24-21-9-4-5-13-25(21)16-17-7-2-1-3-8-17)10-6-14-26-19-12-11-18(27(30)31)15-20(19)32-23(26)29/h1-5,7-9,11-13,15H,6,10,14,16H2. The number of nitro groups is 1. The smallest absolute Gasteiger partial charge is 0.407 e. The molecule has 0 atom stereocenters. The van der Waals surface area contributed by atoms with Crippen LogP contribution in [0, 0.1) is 10.1 Å². The first-order valence-electron chi connectivity index (χ1n) is 10.1. The normalized spacial score (nSPS) is 11.7. The zero-order chi connectivity index (χ0) is 22.5. The number of pyridine rings is 1. The maximum absolute atomic E-state index is 12.4. The van der Waals surface area contributed by atoms with Gasteiger partial charge in [-0.15, -0.1) is 0 Å². The molecule has 0 unspecified atom stereocenters. The van der Waals surface area contributed by atoms with Crippen LogP contribution in [0.25, 0.3) is 11.1 Å². The van der Waals surface area contributed by atoms with E-state index in [0.29, 0.717) is 24.0 Å². The van der Waals surface area contributed by atoms with E-state index in [-0.39, 0.29) is 30.1 Å². The monoisotopic (exact) mass is 432 g/mol. The van der Waals surface area contributed by atoms with Crippen molar-refractivity contribution in [2.24, 2.45) is 4.99 Å². The highest BCUT2D eigenvalue weighted by Gasteiger charge is 2.14. The van der Waals surface area contributed by atoms with Gasteiger partial charge in [0.15, 0.2) is 5.58 Å². The van der Waals surface area contributed by atoms with Gasteiger partial charge in [-0.25, -0.2) is 4.79 Å². The molecule has 0 saturated carbocycles. The number of amides is 1. The lowest BCUT2D eigenvalue weighted by Crippen LogP contribution is -2.22. The van der Waals surface area contributed by atoms with Gasteiger partial charge in [-0.3, -0.25) is 19.5 Å². The van der Waals surface area contributed by atoms with Crippen molar-refractivity contribution >= 4 is 22.7 Å². The van der Waals surface area contributed by atoms with Crippen LogP contribution < -0.4 is 11.2 Å². The van der Waals surface area contributed by atoms with Crippen molar-refractivity contribution in [2.75, 3.05) is 0 Å². The third-order valence-electron chi connectivity index (χ3n) is 4.99. The first-order valence-corrected chi connectivity index (χ1v) is 10.1. The summed E-state index contributed by atoms with van der Waals surface area (Å²) in [5.74, 6) is -0.914. The molecule has 0 saturated heterocycles. The molecule has 1 amide bonds. The predicted octanol–water partition coefficient (Wildman–Crippen LogP) is 3.26. The second-order valence-corrected chi connectivity index (χ2v) is 7.21. The van der Waals surface area contributed by atoms with Crippen molar-refractivity contribution in [3.63, 3.8) is 0 Å². The van der Waals surface area contributed by atoms with E-state index in [1.807, 2.05) is 53.2 Å². The third-order valence-corrected chi connectivity index (χ3v) is 4.99. The Kier molecular flexibility index (Phi) is 6.07. The highest BCUT2D eigenvalue weighted by atomic mass is 16.6. The van der Waals surface area contributed by atoms with Gasteiger partial charge in [0.1, 0.15) is 5.49 Å². The number of fused-ring (bicyclic) bond motifs is 1. The molecule has 0 N–H and O–H groups in total. The minimum atomic E-state index is -0.617. The predicted molar refractivity (Wildman–Crippen MR) is 117 cm³/mol. The molecule has 9 nitrogen and oxygen atoms in total. The van der Waals surface area contributed by atoms with E-state index in [1.165, 1.54) is 22.8 Å². The molecule has 2 aromatic heterocycles. The van der Waals surface area contributed by atoms with E-state index in [4.69, 9.17) is 4.42 Å². The number of carbonyl (C=O) groups is 1. The molecule has 0 fully saturated rings. The topological polar surface area (TPSA) is 113 Å². The lowest BCUT2D eigenvalue weighted by Gasteiger charge is -2.07. The van der Waals surface area contributed by atoms with E-state index in [2.05, 4.69) is 4.99 Å². The number of hydrogen-bond donors (Lipinski definition) is 0. The summed E-state index contributed by atoms with van der Waals surface area (Å²) >= 11 is 0. The number of non-ortho nitro benzene ring substituents is 1. The summed E-state index contributed by atoms with van der Waals surface area (Å²) in [6, 6.07) is 19.4. The van der Waals surface area contributed by atoms with Gasteiger partial charge < -0.3 is 8.98 Å². The van der Waals surface area contributed by atoms with E-state index in [1.54, 1.807) is 6.07 Å². The molecule has 0 radical (unpaired) electrons. The second kappa shape index (κ2) is 9.25. The van der Waals surface area contributed by atoms with Crippen LogP contribution in [-0.4, -0.2) is 20.0 Å². The zero-order valence-corrected chi connectivity index (χ0v) is 17.1. The molecule has 9 heteroatoms. The fourth-order valence-electron chi connectivity index (χ4n) is 3.44. The van der Waals surface area contributed by atoms with Gasteiger partial charge in [0.05, 0.1) is 16.5 Å². The molecule has 2 aromatic carbocycles. The van der Waals surface area contributed by atoms with Gasteiger partial charge in [0.2, 0.25) is 5.91 Å². The SMILES string of the molecule is O=C(CCCn1c(=O)oc2cc([N+](=O)[O-])ccc21)N=c1ccccn1Cc1ccccc1. The van der Waals surface area contributed by atoms with Gasteiger partial charge in [-0.1, -0.05) is 36.4 Å². The van der Waals surface area contributed by atoms with Crippen molar-refractivity contribution in [1.82, 2.24) is 9.13 Å². The van der Waals surface area contributed by atoms with Crippen LogP contribution in [0.4, 0.5) is 5.69 Å². The summed E-state index contributed by atoms with van der Waals surface area (Å²) in [6.07, 6.45) is 2.39. The Labute approximate surface area is 182 Å². The van der Waals surface area contributed by atoms with E-state index >= 15 is 0 Å². The molecular formula is C23H20N4O5. The van der Waals surface area contributed by atoms with Crippen molar-refractivity contribution in [1.29, 1.82) is 0 Å². The van der Waals surface area contributed by atoms with Crippen LogP contribution in [-0.2, 0) is 17.9 Å². The number of carbonyl (C=O) groups excluding carboxylic acids is 1. The Bertz CT molecular complexity index is 1400. The molecule has 2 heterocycles. The number of rotatable bonds is 7. The van der Waals surface area contributed by atoms with Crippen molar-refractivity contribution in [3.8, 4) is 0 Å². The zero-order valence-electron chi connectivity index (χ0n) is 17.1. The number of aromatic nitrogens is 2. The highest BCUT2D eigenvalue weighted by Crippen LogP contribution is 2.20. The summed E-state index contributed by atoms with van der Waals surface area (Å²) in [5.41, 5.74) is 2.10. The number of nitrogens with zero attached hydrogens (tertiary/aromatic N) is 4. The fraction of sp³-hybridized carbons (Fsp3) is 0.174. The number of aryl methyl sites for hydroxylation is 1. The molecule has 162 valence electrons. The Balaban J connectivity index is 1.45. The van der Waals surface area contributed by atoms with Gasteiger partial charge in [-0.2, -0.15) is 4.99 Å². The van der Waals surface area contributed by atoms with Crippen LogP contribution in [0.5, 0.6) is 0 Å². The average Bonchev–Trinajstić information content (AvgIpc) is 3.10. The average molecular weight is 432 g/mol. The Morgan fingerprint density at radius 2 is 1.84 bits per heavy atom. The minimum absolute atomic E-state index is 0.145. The molecule has 0 aliphatic rings. The quantitative estimate of drug-likeness (QED) is 0.329. The molecule has 0 bridgehead atoms. The summed E-state index contributed by atoms with van der Waals surface area (Å²) in [4.78, 5) is 39.1. The molecule has 4 rings (SSSR count). The fourth-order valence-corrected chi connectivity index (χ4v) is 3.44. The molecular weight excluding hydrogens is 412 g/mol. The minimum Gasteiger partial charge on any atom is -0.407 e. The molecule has 0 spiro atoms. The molecule has 0 aliphatic heterocycles. The van der Waals surface area contributed by atoms with Crippen molar-refractivity contribution in [2.45, 2.75) is 25.9 Å². The number of nitro benzene ring substituents is 1. The van der Waals surface area contributed by atoms with Gasteiger partial charge >= 0.3 is 5.76 Å². The largest absolute Gasteiger partial charge is 0.419 e. The van der Waals surface area contributed by atoms with Crippen LogP contribution in [0.2, 0.25) is 0 Å². The Morgan fingerprint density at radius 3 is 2.62 bits per heavy atom. The van der Waals surface area contributed by atoms with Gasteiger partial charge in [0, 0.05) is 31.8 Å². The molecule has 32 heavy (non-hydrogen) atoms. The summed E-state index contributed by atoms with van der Waals surface area (Å²) in [5, 5.41) is 10.9.